The van der Waals surface area contributed by atoms with Gasteiger partial charge in [0.25, 0.3) is 0 Å². The zero-order valence-electron chi connectivity index (χ0n) is 8.21. The molecule has 1 unspecified atom stereocenters. The molecule has 1 aromatic heterocycles. The number of hydrogen-bond acceptors (Lipinski definition) is 3. The Morgan fingerprint density at radius 3 is 3.07 bits per heavy atom. The van der Waals surface area contributed by atoms with Crippen molar-refractivity contribution in [2.75, 3.05) is 13.6 Å². The maximum atomic E-state index is 11.8. The molecule has 2 heterocycles. The number of ketones is 1. The van der Waals surface area contributed by atoms with Crippen molar-refractivity contribution in [2.24, 2.45) is 0 Å². The topological polar surface area (TPSA) is 20.3 Å². The van der Waals surface area contributed by atoms with E-state index in [-0.39, 0.29) is 5.78 Å². The summed E-state index contributed by atoms with van der Waals surface area (Å²) in [6.07, 6.45) is 0.980. The van der Waals surface area contributed by atoms with Gasteiger partial charge in [0.05, 0.1) is 10.3 Å². The van der Waals surface area contributed by atoms with E-state index >= 15 is 0 Å². The van der Waals surface area contributed by atoms with Gasteiger partial charge in [-0.3, -0.25) is 9.69 Å². The first kappa shape index (κ1) is 10.3. The van der Waals surface area contributed by atoms with Gasteiger partial charge in [-0.2, -0.15) is 0 Å². The number of rotatable bonds is 0. The molecule has 1 aliphatic heterocycles. The van der Waals surface area contributed by atoms with Crippen LogP contribution in [0.1, 0.15) is 22.2 Å². The maximum Gasteiger partial charge on any atom is 0.177 e. The van der Waals surface area contributed by atoms with Crippen LogP contribution in [0.5, 0.6) is 0 Å². The van der Waals surface area contributed by atoms with Crippen molar-refractivity contribution in [3.05, 3.63) is 20.3 Å². The predicted octanol–water partition coefficient (Wildman–Crippen LogP) is 2.57. The van der Waals surface area contributed by atoms with Gasteiger partial charge in [-0.1, -0.05) is 0 Å². The molecular weight excluding hydrogens is 262 g/mol. The van der Waals surface area contributed by atoms with Crippen LogP contribution in [-0.4, -0.2) is 30.3 Å². The van der Waals surface area contributed by atoms with Crippen molar-refractivity contribution in [3.8, 4) is 0 Å². The van der Waals surface area contributed by atoms with Crippen molar-refractivity contribution >= 4 is 33.0 Å². The van der Waals surface area contributed by atoms with E-state index in [0.717, 1.165) is 15.8 Å². The van der Waals surface area contributed by atoms with Crippen LogP contribution in [-0.2, 0) is 6.42 Å². The second-order valence-electron chi connectivity index (χ2n) is 3.78. The lowest BCUT2D eigenvalue weighted by atomic mass is 10.1. The van der Waals surface area contributed by atoms with E-state index in [4.69, 9.17) is 0 Å². The van der Waals surface area contributed by atoms with E-state index in [1.165, 1.54) is 4.88 Å². The highest BCUT2D eigenvalue weighted by molar-refractivity contribution is 9.11. The third-order valence-electron chi connectivity index (χ3n) is 2.71. The minimum atomic E-state index is 0.244. The van der Waals surface area contributed by atoms with Crippen LogP contribution < -0.4 is 0 Å². The molecule has 0 aliphatic carbocycles. The monoisotopic (exact) mass is 273 g/mol. The molecule has 0 fully saturated rings. The molecule has 0 radical (unpaired) electrons. The van der Waals surface area contributed by atoms with E-state index in [0.29, 0.717) is 12.6 Å². The van der Waals surface area contributed by atoms with Crippen LogP contribution >= 0.6 is 27.3 Å². The molecule has 0 saturated carbocycles. The Balaban J connectivity index is 2.41. The fourth-order valence-electron chi connectivity index (χ4n) is 1.68. The lowest BCUT2D eigenvalue weighted by Gasteiger charge is -2.20. The Morgan fingerprint density at radius 2 is 2.36 bits per heavy atom. The average Bonchev–Trinajstić information content (AvgIpc) is 2.42. The lowest BCUT2D eigenvalue weighted by Crippen LogP contribution is -2.32. The highest BCUT2D eigenvalue weighted by atomic mass is 79.9. The smallest absolute Gasteiger partial charge is 0.177 e. The van der Waals surface area contributed by atoms with Gasteiger partial charge >= 0.3 is 0 Å². The number of carbonyl (C=O) groups excluding carboxylic acids is 1. The first-order chi connectivity index (χ1) is 6.58. The summed E-state index contributed by atoms with van der Waals surface area (Å²) < 4.78 is 1.06. The number of nitrogens with zero attached hydrogens (tertiary/aromatic N) is 1. The quantitative estimate of drug-likeness (QED) is 0.724. The van der Waals surface area contributed by atoms with Gasteiger partial charge in [-0.15, -0.1) is 11.3 Å². The Morgan fingerprint density at radius 1 is 1.64 bits per heavy atom. The number of carbonyl (C=O) groups is 1. The van der Waals surface area contributed by atoms with Gasteiger partial charge in [0.15, 0.2) is 5.78 Å². The molecule has 0 N–H and O–H groups in total. The summed E-state index contributed by atoms with van der Waals surface area (Å²) in [6, 6.07) is 2.40. The standard InChI is InChI=1S/C10H12BrNOS/c1-6-3-9-7(4-10(11)14-9)8(13)5-12(6)2/h4,6H,3,5H2,1-2H3. The zero-order valence-corrected chi connectivity index (χ0v) is 10.6. The summed E-state index contributed by atoms with van der Waals surface area (Å²) in [6.45, 7) is 2.70. The highest BCUT2D eigenvalue weighted by Gasteiger charge is 2.24. The van der Waals surface area contributed by atoms with Crippen molar-refractivity contribution in [2.45, 2.75) is 19.4 Å². The Bertz CT molecular complexity index is 374. The van der Waals surface area contributed by atoms with E-state index in [1.54, 1.807) is 11.3 Å². The molecule has 1 atom stereocenters. The third kappa shape index (κ3) is 1.78. The van der Waals surface area contributed by atoms with Gasteiger partial charge in [-0.25, -0.2) is 0 Å². The second kappa shape index (κ2) is 3.76. The molecule has 0 spiro atoms. The summed E-state index contributed by atoms with van der Waals surface area (Å²) >= 11 is 5.12. The number of Topliss-reactive ketones (excluding diaryl/α,β-unsaturated/α-hetero) is 1. The molecule has 2 nitrogen and oxygen atoms in total. The summed E-state index contributed by atoms with van der Waals surface area (Å²) in [5.41, 5.74) is 0.915. The molecule has 0 saturated heterocycles. The molecule has 4 heteroatoms. The minimum Gasteiger partial charge on any atom is -0.296 e. The molecular formula is C10H12BrNOS. The number of thiophene rings is 1. The minimum absolute atomic E-state index is 0.244. The van der Waals surface area contributed by atoms with E-state index < -0.39 is 0 Å². The van der Waals surface area contributed by atoms with Crippen molar-refractivity contribution in [1.82, 2.24) is 4.90 Å². The SMILES string of the molecule is CC1Cc2sc(Br)cc2C(=O)CN1C. The van der Waals surface area contributed by atoms with Gasteiger partial charge in [0.1, 0.15) is 0 Å². The van der Waals surface area contributed by atoms with Crippen LogP contribution in [0.2, 0.25) is 0 Å². The van der Waals surface area contributed by atoms with Crippen molar-refractivity contribution < 1.29 is 4.79 Å². The summed E-state index contributed by atoms with van der Waals surface area (Å²) in [4.78, 5) is 15.2. The third-order valence-corrected chi connectivity index (χ3v) is 4.37. The maximum absolute atomic E-state index is 11.8. The van der Waals surface area contributed by atoms with Crippen LogP contribution in [0.3, 0.4) is 0 Å². The van der Waals surface area contributed by atoms with Crippen LogP contribution in [0, 0.1) is 0 Å². The van der Waals surface area contributed by atoms with E-state index in [9.17, 15) is 4.79 Å². The Hall–Kier alpha value is -0.190. The van der Waals surface area contributed by atoms with Gasteiger partial charge in [-0.05, 0) is 42.4 Å². The number of likely N-dealkylation sites (N-methyl/N-ethyl adjacent to an activating group) is 1. The predicted molar refractivity (Wildman–Crippen MR) is 62.1 cm³/mol. The molecule has 1 aliphatic rings. The summed E-state index contributed by atoms with van der Waals surface area (Å²) in [5.74, 6) is 0.244. The molecule has 14 heavy (non-hydrogen) atoms. The molecule has 1 aromatic rings. The summed E-state index contributed by atoms with van der Waals surface area (Å²) in [5, 5.41) is 0. The van der Waals surface area contributed by atoms with Gasteiger partial charge in [0.2, 0.25) is 0 Å². The van der Waals surface area contributed by atoms with Crippen LogP contribution in [0.25, 0.3) is 0 Å². The first-order valence-corrected chi connectivity index (χ1v) is 6.20. The molecule has 0 amide bonds. The molecule has 0 aromatic carbocycles. The zero-order chi connectivity index (χ0) is 10.3. The van der Waals surface area contributed by atoms with E-state index in [2.05, 4.69) is 27.8 Å². The number of hydrogen-bond donors (Lipinski definition) is 0. The van der Waals surface area contributed by atoms with E-state index in [1.807, 2.05) is 13.1 Å². The Kier molecular flexibility index (Phi) is 2.77. The molecule has 76 valence electrons. The van der Waals surface area contributed by atoms with Crippen LogP contribution in [0.15, 0.2) is 9.85 Å². The molecule has 0 bridgehead atoms. The number of fused-ring (bicyclic) bond motifs is 1. The fraction of sp³-hybridized carbons (Fsp3) is 0.500. The first-order valence-electron chi connectivity index (χ1n) is 4.59. The van der Waals surface area contributed by atoms with Gasteiger partial charge < -0.3 is 0 Å². The average molecular weight is 274 g/mol. The Labute approximate surface area is 96.0 Å². The second-order valence-corrected chi connectivity index (χ2v) is 6.29. The van der Waals surface area contributed by atoms with Gasteiger partial charge in [0, 0.05) is 16.5 Å². The normalized spacial score (nSPS) is 23.4. The highest BCUT2D eigenvalue weighted by Crippen LogP contribution is 2.31. The van der Waals surface area contributed by atoms with Crippen molar-refractivity contribution in [3.63, 3.8) is 0 Å². The van der Waals surface area contributed by atoms with Crippen molar-refractivity contribution in [1.29, 1.82) is 0 Å². The summed E-state index contributed by atoms with van der Waals surface area (Å²) in [7, 11) is 2.01. The lowest BCUT2D eigenvalue weighted by molar-refractivity contribution is 0.0936. The van der Waals surface area contributed by atoms with Crippen LogP contribution in [0.4, 0.5) is 0 Å². The largest absolute Gasteiger partial charge is 0.296 e. The fourth-order valence-corrected chi connectivity index (χ4v) is 3.51. The molecule has 2 rings (SSSR count). The number of halogens is 1.